The Labute approximate surface area is 170 Å². The van der Waals surface area contributed by atoms with Crippen molar-refractivity contribution in [3.63, 3.8) is 0 Å². The highest BCUT2D eigenvalue weighted by Gasteiger charge is 2.17. The van der Waals surface area contributed by atoms with Crippen LogP contribution in [0.25, 0.3) is 0 Å². The van der Waals surface area contributed by atoms with Crippen LogP contribution in [-0.2, 0) is 0 Å². The molecule has 0 saturated carbocycles. The van der Waals surface area contributed by atoms with Gasteiger partial charge in [-0.15, -0.1) is 0 Å². The summed E-state index contributed by atoms with van der Waals surface area (Å²) in [6.07, 6.45) is 0.935. The zero-order chi connectivity index (χ0) is 20.6. The van der Waals surface area contributed by atoms with E-state index in [-0.39, 0.29) is 5.69 Å². The van der Waals surface area contributed by atoms with Gasteiger partial charge in [0.05, 0.1) is 23.3 Å². The number of hydrogen-bond acceptors (Lipinski definition) is 7. The molecule has 0 bridgehead atoms. The van der Waals surface area contributed by atoms with Gasteiger partial charge in [0, 0.05) is 50.5 Å². The summed E-state index contributed by atoms with van der Waals surface area (Å²) in [4.78, 5) is 15.1. The van der Waals surface area contributed by atoms with Gasteiger partial charge in [0.25, 0.3) is 5.69 Å². The zero-order valence-corrected chi connectivity index (χ0v) is 16.5. The van der Waals surface area contributed by atoms with Gasteiger partial charge in [-0.2, -0.15) is 5.26 Å². The minimum Gasteiger partial charge on any atom is -0.497 e. The van der Waals surface area contributed by atoms with Crippen molar-refractivity contribution in [2.75, 3.05) is 56.6 Å². The van der Waals surface area contributed by atoms with E-state index in [4.69, 9.17) is 4.74 Å². The van der Waals surface area contributed by atoms with Gasteiger partial charge in [0.2, 0.25) is 0 Å². The molecule has 0 aromatic heterocycles. The quantitative estimate of drug-likeness (QED) is 0.417. The Morgan fingerprint density at radius 3 is 2.52 bits per heavy atom. The summed E-state index contributed by atoms with van der Waals surface area (Å²) in [5.41, 5.74) is 2.09. The number of anilines is 2. The predicted octanol–water partition coefficient (Wildman–Crippen LogP) is 3.10. The van der Waals surface area contributed by atoms with Crippen molar-refractivity contribution in [1.29, 1.82) is 5.26 Å². The molecule has 2 aromatic rings. The van der Waals surface area contributed by atoms with Gasteiger partial charge in [-0.25, -0.2) is 0 Å². The first kappa shape index (κ1) is 20.4. The van der Waals surface area contributed by atoms with E-state index >= 15 is 0 Å². The van der Waals surface area contributed by atoms with Crippen LogP contribution < -0.4 is 15.0 Å². The Hall–Kier alpha value is -3.31. The Kier molecular flexibility index (Phi) is 6.87. The maximum absolute atomic E-state index is 10.8. The van der Waals surface area contributed by atoms with Gasteiger partial charge >= 0.3 is 0 Å². The van der Waals surface area contributed by atoms with E-state index in [1.54, 1.807) is 13.2 Å². The largest absolute Gasteiger partial charge is 0.497 e. The number of nitro groups is 1. The average molecular weight is 395 g/mol. The molecule has 0 unspecified atom stereocenters. The number of ether oxygens (including phenoxy) is 1. The van der Waals surface area contributed by atoms with Crippen LogP contribution in [0.4, 0.5) is 17.1 Å². The highest BCUT2D eigenvalue weighted by molar-refractivity contribution is 5.61. The van der Waals surface area contributed by atoms with Crippen LogP contribution in [0.15, 0.2) is 42.5 Å². The van der Waals surface area contributed by atoms with E-state index in [1.807, 2.05) is 18.2 Å². The van der Waals surface area contributed by atoms with Crippen molar-refractivity contribution in [2.24, 2.45) is 0 Å². The molecule has 0 amide bonds. The van der Waals surface area contributed by atoms with Gasteiger partial charge in [0.15, 0.2) is 0 Å². The SMILES string of the molecule is COc1ccc(N2CCN(CCCNc3ccc([N+](=O)[O-])cc3C#N)CC2)cc1. The molecule has 152 valence electrons. The number of nitrogens with zero attached hydrogens (tertiary/aromatic N) is 4. The third kappa shape index (κ3) is 5.36. The molecule has 8 heteroatoms. The van der Waals surface area contributed by atoms with Crippen molar-refractivity contribution in [1.82, 2.24) is 4.90 Å². The van der Waals surface area contributed by atoms with Crippen molar-refractivity contribution in [2.45, 2.75) is 6.42 Å². The van der Waals surface area contributed by atoms with E-state index in [0.717, 1.165) is 44.9 Å². The molecule has 1 N–H and O–H groups in total. The Morgan fingerprint density at radius 1 is 1.17 bits per heavy atom. The molecule has 0 spiro atoms. The maximum Gasteiger partial charge on any atom is 0.270 e. The van der Waals surface area contributed by atoms with Crippen molar-refractivity contribution >= 4 is 17.1 Å². The fourth-order valence-electron chi connectivity index (χ4n) is 3.44. The Balaban J connectivity index is 1.41. The molecular formula is C21H25N5O3. The van der Waals surface area contributed by atoms with Crippen LogP contribution >= 0.6 is 0 Å². The molecule has 0 aliphatic carbocycles. The normalized spacial score (nSPS) is 14.3. The summed E-state index contributed by atoms with van der Waals surface area (Å²) >= 11 is 0. The van der Waals surface area contributed by atoms with E-state index in [9.17, 15) is 15.4 Å². The minimum atomic E-state index is -0.490. The Bertz CT molecular complexity index is 871. The lowest BCUT2D eigenvalue weighted by molar-refractivity contribution is -0.384. The molecular weight excluding hydrogens is 370 g/mol. The Morgan fingerprint density at radius 2 is 1.90 bits per heavy atom. The highest BCUT2D eigenvalue weighted by atomic mass is 16.6. The molecule has 1 aliphatic heterocycles. The minimum absolute atomic E-state index is 0.0677. The van der Waals surface area contributed by atoms with Crippen molar-refractivity contribution in [3.8, 4) is 11.8 Å². The molecule has 1 heterocycles. The number of benzene rings is 2. The summed E-state index contributed by atoms with van der Waals surface area (Å²) in [6.45, 7) is 5.67. The summed E-state index contributed by atoms with van der Waals surface area (Å²) < 4.78 is 5.21. The summed E-state index contributed by atoms with van der Waals surface area (Å²) in [7, 11) is 1.67. The number of nitro benzene ring substituents is 1. The monoisotopic (exact) mass is 395 g/mol. The number of nitrogens with one attached hydrogen (secondary N) is 1. The van der Waals surface area contributed by atoms with E-state index < -0.39 is 4.92 Å². The molecule has 1 aliphatic rings. The third-order valence-corrected chi connectivity index (χ3v) is 5.11. The smallest absolute Gasteiger partial charge is 0.270 e. The van der Waals surface area contributed by atoms with Crippen LogP contribution in [0, 0.1) is 21.4 Å². The number of non-ortho nitro benzene ring substituents is 1. The van der Waals surface area contributed by atoms with Gasteiger partial charge in [0.1, 0.15) is 11.8 Å². The zero-order valence-electron chi connectivity index (χ0n) is 16.5. The molecule has 1 saturated heterocycles. The van der Waals surface area contributed by atoms with Gasteiger partial charge < -0.3 is 15.0 Å². The van der Waals surface area contributed by atoms with Crippen LogP contribution in [0.3, 0.4) is 0 Å². The van der Waals surface area contributed by atoms with Crippen molar-refractivity contribution < 1.29 is 9.66 Å². The second kappa shape index (κ2) is 9.75. The molecule has 0 radical (unpaired) electrons. The average Bonchev–Trinajstić information content (AvgIpc) is 2.77. The summed E-state index contributed by atoms with van der Waals surface area (Å²) in [5, 5.41) is 23.2. The first-order valence-corrected chi connectivity index (χ1v) is 9.64. The third-order valence-electron chi connectivity index (χ3n) is 5.11. The molecule has 8 nitrogen and oxygen atoms in total. The number of piperazine rings is 1. The number of methoxy groups -OCH3 is 1. The first-order valence-electron chi connectivity index (χ1n) is 9.64. The molecule has 2 aromatic carbocycles. The molecule has 3 rings (SSSR count). The van der Waals surface area contributed by atoms with Crippen LogP contribution in [0.2, 0.25) is 0 Å². The molecule has 1 fully saturated rings. The standard InChI is InChI=1S/C21H25N5O3/c1-29-20-6-3-18(4-7-20)25-13-11-24(12-14-25)10-2-9-23-21-8-5-19(26(27)28)15-17(21)16-22/h3-8,15,23H,2,9-14H2,1H3. The lowest BCUT2D eigenvalue weighted by Gasteiger charge is -2.36. The highest BCUT2D eigenvalue weighted by Crippen LogP contribution is 2.22. The van der Waals surface area contributed by atoms with Crippen LogP contribution in [-0.4, -0.2) is 56.2 Å². The fraction of sp³-hybridized carbons (Fsp3) is 0.381. The lowest BCUT2D eigenvalue weighted by atomic mass is 10.1. The molecule has 0 atom stereocenters. The van der Waals surface area contributed by atoms with Crippen LogP contribution in [0.5, 0.6) is 5.75 Å². The second-order valence-corrected chi connectivity index (χ2v) is 6.91. The van der Waals surface area contributed by atoms with Gasteiger partial charge in [-0.1, -0.05) is 0 Å². The van der Waals surface area contributed by atoms with E-state index in [0.29, 0.717) is 17.8 Å². The number of hydrogen-bond donors (Lipinski definition) is 1. The van der Waals surface area contributed by atoms with E-state index in [2.05, 4.69) is 27.2 Å². The summed E-state index contributed by atoms with van der Waals surface area (Å²) in [5.74, 6) is 0.868. The first-order chi connectivity index (χ1) is 14.1. The second-order valence-electron chi connectivity index (χ2n) is 6.91. The number of nitriles is 1. The van der Waals surface area contributed by atoms with Crippen molar-refractivity contribution in [3.05, 3.63) is 58.1 Å². The number of rotatable bonds is 8. The predicted molar refractivity (Wildman–Crippen MR) is 113 cm³/mol. The van der Waals surface area contributed by atoms with Gasteiger partial charge in [-0.05, 0) is 43.3 Å². The maximum atomic E-state index is 10.8. The van der Waals surface area contributed by atoms with Crippen LogP contribution in [0.1, 0.15) is 12.0 Å². The lowest BCUT2D eigenvalue weighted by Crippen LogP contribution is -2.46. The van der Waals surface area contributed by atoms with E-state index in [1.165, 1.54) is 17.8 Å². The fourth-order valence-corrected chi connectivity index (χ4v) is 3.44. The molecule has 29 heavy (non-hydrogen) atoms. The topological polar surface area (TPSA) is 94.7 Å². The van der Waals surface area contributed by atoms with Gasteiger partial charge in [-0.3, -0.25) is 15.0 Å². The summed E-state index contributed by atoms with van der Waals surface area (Å²) in [6, 6.07) is 14.5.